The molecule has 1 atom stereocenters. The zero-order valence-corrected chi connectivity index (χ0v) is 12.8. The Morgan fingerprint density at radius 2 is 2.11 bits per heavy atom. The molecule has 5 nitrogen and oxygen atoms in total. The molecular weight excluding hydrogens is 266 g/mol. The summed E-state index contributed by atoms with van der Waals surface area (Å²) in [5, 5.41) is 3.40. The van der Waals surface area contributed by atoms with E-state index in [1.807, 2.05) is 11.9 Å². The highest BCUT2D eigenvalue weighted by Crippen LogP contribution is 2.25. The molecule has 0 bridgehead atoms. The van der Waals surface area contributed by atoms with Crippen LogP contribution in [0.1, 0.15) is 13.3 Å². The van der Waals surface area contributed by atoms with Crippen LogP contribution in [0.4, 0.5) is 0 Å². The van der Waals surface area contributed by atoms with E-state index < -0.39 is 0 Å². The lowest BCUT2D eigenvalue weighted by Gasteiger charge is -2.32. The van der Waals surface area contributed by atoms with E-state index in [1.54, 1.807) is 0 Å². The van der Waals surface area contributed by atoms with Gasteiger partial charge in [0.1, 0.15) is 0 Å². The van der Waals surface area contributed by atoms with Crippen molar-refractivity contribution in [3.8, 4) is 0 Å². The summed E-state index contributed by atoms with van der Waals surface area (Å²) < 4.78 is 5.26. The maximum Gasteiger partial charge on any atom is 0.236 e. The van der Waals surface area contributed by atoms with E-state index in [0.29, 0.717) is 25.2 Å². The van der Waals surface area contributed by atoms with E-state index in [2.05, 4.69) is 17.1 Å². The molecule has 0 aliphatic carbocycles. The summed E-state index contributed by atoms with van der Waals surface area (Å²) in [4.78, 5) is 16.2. The topological polar surface area (TPSA) is 44.8 Å². The van der Waals surface area contributed by atoms with Crippen LogP contribution in [0.5, 0.6) is 0 Å². The number of hydrogen-bond acceptors (Lipinski definition) is 4. The average Bonchev–Trinajstić information content (AvgIpc) is 2.76. The molecule has 2 rings (SSSR count). The summed E-state index contributed by atoms with van der Waals surface area (Å²) in [6, 6.07) is 0. The van der Waals surface area contributed by atoms with E-state index >= 15 is 0 Å². The second kappa shape index (κ2) is 7.43. The fourth-order valence-corrected chi connectivity index (χ4v) is 2.85. The number of carbonyl (C=O) groups excluding carboxylic acids is 1. The zero-order valence-electron chi connectivity index (χ0n) is 12.0. The quantitative estimate of drug-likeness (QED) is 0.804. The lowest BCUT2D eigenvalue weighted by atomic mass is 9.89. The number of morpholine rings is 1. The van der Waals surface area contributed by atoms with Crippen LogP contribution >= 0.6 is 12.4 Å². The molecule has 0 saturated carbocycles. The predicted octanol–water partition coefficient (Wildman–Crippen LogP) is 0.198. The second-order valence-corrected chi connectivity index (χ2v) is 5.90. The zero-order chi connectivity index (χ0) is 13.0. The first-order chi connectivity index (χ1) is 8.59. The molecule has 0 aromatic carbocycles. The number of nitrogens with one attached hydrogen (secondary N) is 1. The standard InChI is InChI=1S/C13H25N3O2.ClH/c1-13(3-4-14-10-13)11-15(2)9-12(17)16-5-7-18-8-6-16;/h14H,3-11H2,1-2H3;1H. The van der Waals surface area contributed by atoms with Crippen LogP contribution in [-0.4, -0.2) is 75.2 Å². The first-order valence-electron chi connectivity index (χ1n) is 6.84. The highest BCUT2D eigenvalue weighted by molar-refractivity contribution is 5.85. The fraction of sp³-hybridized carbons (Fsp3) is 0.923. The third kappa shape index (κ3) is 4.91. The number of halogens is 1. The van der Waals surface area contributed by atoms with Crippen LogP contribution in [0.15, 0.2) is 0 Å². The molecule has 112 valence electrons. The maximum absolute atomic E-state index is 12.1. The van der Waals surface area contributed by atoms with Gasteiger partial charge in [0.2, 0.25) is 5.91 Å². The van der Waals surface area contributed by atoms with Gasteiger partial charge in [-0.1, -0.05) is 6.92 Å². The molecule has 0 aromatic heterocycles. The number of ether oxygens (including phenoxy) is 1. The Labute approximate surface area is 122 Å². The average molecular weight is 292 g/mol. The molecule has 2 fully saturated rings. The third-order valence-corrected chi connectivity index (χ3v) is 3.88. The van der Waals surface area contributed by atoms with Crippen LogP contribution in [0, 0.1) is 5.41 Å². The van der Waals surface area contributed by atoms with Crippen molar-refractivity contribution in [2.75, 3.05) is 59.5 Å². The normalized spacial score (nSPS) is 27.4. The molecule has 2 aliphatic rings. The molecule has 6 heteroatoms. The lowest BCUT2D eigenvalue weighted by molar-refractivity contribution is -0.136. The number of amides is 1. The van der Waals surface area contributed by atoms with Crippen molar-refractivity contribution in [3.63, 3.8) is 0 Å². The highest BCUT2D eigenvalue weighted by Gasteiger charge is 2.30. The molecule has 0 radical (unpaired) electrons. The van der Waals surface area contributed by atoms with Gasteiger partial charge in [-0.25, -0.2) is 0 Å². The Kier molecular flexibility index (Phi) is 6.53. The van der Waals surface area contributed by atoms with Crippen LogP contribution in [0.2, 0.25) is 0 Å². The molecule has 1 amide bonds. The van der Waals surface area contributed by atoms with E-state index in [-0.39, 0.29) is 18.3 Å². The summed E-state index contributed by atoms with van der Waals surface area (Å²) in [7, 11) is 2.04. The minimum absolute atomic E-state index is 0. The van der Waals surface area contributed by atoms with Gasteiger partial charge in [-0.3, -0.25) is 9.69 Å². The summed E-state index contributed by atoms with van der Waals surface area (Å²) in [6.45, 7) is 8.80. The van der Waals surface area contributed by atoms with Crippen molar-refractivity contribution >= 4 is 18.3 Å². The predicted molar refractivity (Wildman–Crippen MR) is 77.7 cm³/mol. The molecule has 2 saturated heterocycles. The van der Waals surface area contributed by atoms with Crippen LogP contribution < -0.4 is 5.32 Å². The summed E-state index contributed by atoms with van der Waals surface area (Å²) in [6.07, 6.45) is 1.20. The van der Waals surface area contributed by atoms with E-state index in [1.165, 1.54) is 6.42 Å². The van der Waals surface area contributed by atoms with Gasteiger partial charge in [0.25, 0.3) is 0 Å². The number of hydrogen-bond donors (Lipinski definition) is 1. The van der Waals surface area contributed by atoms with E-state index in [9.17, 15) is 4.79 Å². The molecule has 1 unspecified atom stereocenters. The Balaban J connectivity index is 0.00000180. The lowest BCUT2D eigenvalue weighted by Crippen LogP contribution is -2.46. The van der Waals surface area contributed by atoms with Crippen molar-refractivity contribution in [2.45, 2.75) is 13.3 Å². The monoisotopic (exact) mass is 291 g/mol. The molecule has 19 heavy (non-hydrogen) atoms. The number of likely N-dealkylation sites (N-methyl/N-ethyl adjacent to an activating group) is 1. The van der Waals surface area contributed by atoms with Gasteiger partial charge in [-0.2, -0.15) is 0 Å². The van der Waals surface area contributed by atoms with Crippen molar-refractivity contribution in [1.29, 1.82) is 0 Å². The van der Waals surface area contributed by atoms with Gasteiger partial charge >= 0.3 is 0 Å². The SMILES string of the molecule is CN(CC(=O)N1CCOCC1)CC1(C)CCNC1.Cl. The number of rotatable bonds is 4. The molecular formula is C13H26ClN3O2. The van der Waals surface area contributed by atoms with Crippen molar-refractivity contribution in [3.05, 3.63) is 0 Å². The first kappa shape index (κ1) is 16.7. The molecule has 2 heterocycles. The number of nitrogens with zero attached hydrogens (tertiary/aromatic N) is 2. The largest absolute Gasteiger partial charge is 0.378 e. The van der Waals surface area contributed by atoms with Gasteiger partial charge in [0.05, 0.1) is 19.8 Å². The number of carbonyl (C=O) groups is 1. The van der Waals surface area contributed by atoms with Gasteiger partial charge in [0.15, 0.2) is 0 Å². The van der Waals surface area contributed by atoms with Gasteiger partial charge in [-0.15, -0.1) is 12.4 Å². The smallest absolute Gasteiger partial charge is 0.236 e. The summed E-state index contributed by atoms with van der Waals surface area (Å²) >= 11 is 0. The van der Waals surface area contributed by atoms with E-state index in [0.717, 1.165) is 32.7 Å². The third-order valence-electron chi connectivity index (χ3n) is 3.88. The first-order valence-corrected chi connectivity index (χ1v) is 6.84. The van der Waals surface area contributed by atoms with Crippen LogP contribution in [0.25, 0.3) is 0 Å². The second-order valence-electron chi connectivity index (χ2n) is 5.90. The molecule has 0 spiro atoms. The minimum Gasteiger partial charge on any atom is -0.378 e. The minimum atomic E-state index is 0. The van der Waals surface area contributed by atoms with Crippen molar-refractivity contribution < 1.29 is 9.53 Å². The molecule has 1 N–H and O–H groups in total. The Bertz CT molecular complexity index is 290. The van der Waals surface area contributed by atoms with Gasteiger partial charge in [0, 0.05) is 26.2 Å². The van der Waals surface area contributed by atoms with Crippen molar-refractivity contribution in [1.82, 2.24) is 15.1 Å². The maximum atomic E-state index is 12.1. The highest BCUT2D eigenvalue weighted by atomic mass is 35.5. The Hall–Kier alpha value is -0.360. The van der Waals surface area contributed by atoms with Crippen LogP contribution in [-0.2, 0) is 9.53 Å². The van der Waals surface area contributed by atoms with Gasteiger partial charge in [-0.05, 0) is 25.4 Å². The molecule has 2 aliphatic heterocycles. The Morgan fingerprint density at radius 3 is 2.68 bits per heavy atom. The van der Waals surface area contributed by atoms with Crippen molar-refractivity contribution in [2.24, 2.45) is 5.41 Å². The Morgan fingerprint density at radius 1 is 1.42 bits per heavy atom. The summed E-state index contributed by atoms with van der Waals surface area (Å²) in [5.74, 6) is 0.232. The van der Waals surface area contributed by atoms with E-state index in [4.69, 9.17) is 4.74 Å². The summed E-state index contributed by atoms with van der Waals surface area (Å²) in [5.41, 5.74) is 0.319. The van der Waals surface area contributed by atoms with Gasteiger partial charge < -0.3 is 15.0 Å². The fourth-order valence-electron chi connectivity index (χ4n) is 2.85. The molecule has 0 aromatic rings. The van der Waals surface area contributed by atoms with Crippen LogP contribution in [0.3, 0.4) is 0 Å².